The number of amides is 2. The van der Waals surface area contributed by atoms with Crippen molar-refractivity contribution in [1.82, 2.24) is 20.0 Å². The van der Waals surface area contributed by atoms with Crippen molar-refractivity contribution in [3.63, 3.8) is 0 Å². The Labute approximate surface area is 191 Å². The summed E-state index contributed by atoms with van der Waals surface area (Å²) < 4.78 is 7.63. The number of benzene rings is 2. The summed E-state index contributed by atoms with van der Waals surface area (Å²) in [4.78, 5) is 39.7. The second-order valence-electron chi connectivity index (χ2n) is 8.91. The number of ether oxygens (including phenoxy) is 1. The van der Waals surface area contributed by atoms with Gasteiger partial charge in [-0.15, -0.1) is 0 Å². The van der Waals surface area contributed by atoms with Crippen LogP contribution in [0.25, 0.3) is 10.8 Å². The third-order valence-corrected chi connectivity index (χ3v) is 6.71. The lowest BCUT2D eigenvalue weighted by atomic mass is 9.82. The first-order valence-electron chi connectivity index (χ1n) is 11.2. The van der Waals surface area contributed by atoms with Gasteiger partial charge in [0.2, 0.25) is 11.8 Å². The minimum atomic E-state index is -0.523. The van der Waals surface area contributed by atoms with Crippen LogP contribution < -0.4 is 15.6 Å². The molecule has 1 spiro atoms. The zero-order valence-electron chi connectivity index (χ0n) is 18.5. The quantitative estimate of drug-likeness (QED) is 0.667. The molecule has 1 saturated heterocycles. The van der Waals surface area contributed by atoms with Gasteiger partial charge < -0.3 is 15.0 Å². The number of aromatic nitrogens is 2. The van der Waals surface area contributed by atoms with Crippen molar-refractivity contribution in [2.75, 3.05) is 13.6 Å². The smallest absolute Gasteiger partial charge is 0.275 e. The Morgan fingerprint density at radius 1 is 1.15 bits per heavy atom. The SMILES string of the molecule is CN1CCC2(CCC1=O)CC(NC(=O)Cn1ncc3ccccc3c1=O)c1ccccc1O2. The molecule has 3 heterocycles. The normalized spacial score (nSPS) is 22.5. The number of fused-ring (bicyclic) bond motifs is 2. The average Bonchev–Trinajstić information content (AvgIpc) is 2.95. The molecule has 2 atom stereocenters. The Morgan fingerprint density at radius 3 is 2.82 bits per heavy atom. The van der Waals surface area contributed by atoms with Crippen LogP contribution in [-0.4, -0.2) is 45.7 Å². The van der Waals surface area contributed by atoms with E-state index in [4.69, 9.17) is 4.74 Å². The van der Waals surface area contributed by atoms with E-state index in [1.54, 1.807) is 23.2 Å². The maximum atomic E-state index is 13.0. The van der Waals surface area contributed by atoms with E-state index in [1.165, 1.54) is 4.68 Å². The molecule has 1 aromatic heterocycles. The number of likely N-dealkylation sites (tertiary alicyclic amines) is 1. The molecule has 0 radical (unpaired) electrons. The van der Waals surface area contributed by atoms with Gasteiger partial charge in [0.15, 0.2) is 0 Å². The van der Waals surface area contributed by atoms with E-state index in [1.807, 2.05) is 43.4 Å². The molecule has 170 valence electrons. The molecule has 1 N–H and O–H groups in total. The fourth-order valence-electron chi connectivity index (χ4n) is 4.82. The van der Waals surface area contributed by atoms with E-state index in [0.29, 0.717) is 37.6 Å². The molecule has 0 saturated carbocycles. The van der Waals surface area contributed by atoms with Gasteiger partial charge in [0.05, 0.1) is 17.6 Å². The lowest BCUT2D eigenvalue weighted by Gasteiger charge is -2.42. The number of carbonyl (C=O) groups is 2. The van der Waals surface area contributed by atoms with E-state index in [2.05, 4.69) is 10.4 Å². The molecular weight excluding hydrogens is 420 g/mol. The van der Waals surface area contributed by atoms with Crippen molar-refractivity contribution in [2.45, 2.75) is 43.9 Å². The number of nitrogens with zero attached hydrogens (tertiary/aromatic N) is 3. The largest absolute Gasteiger partial charge is 0.487 e. The van der Waals surface area contributed by atoms with Gasteiger partial charge in [-0.3, -0.25) is 14.4 Å². The first-order chi connectivity index (χ1) is 15.9. The molecule has 2 aliphatic rings. The number of nitrogens with one attached hydrogen (secondary N) is 1. The summed E-state index contributed by atoms with van der Waals surface area (Å²) in [6.07, 6.45) is 3.87. The fraction of sp³-hybridized carbons (Fsp3) is 0.360. The zero-order valence-corrected chi connectivity index (χ0v) is 18.5. The maximum Gasteiger partial charge on any atom is 0.275 e. The van der Waals surface area contributed by atoms with Crippen LogP contribution in [0.5, 0.6) is 5.75 Å². The molecule has 2 unspecified atom stereocenters. The molecule has 3 aromatic rings. The number of carbonyl (C=O) groups excluding carboxylic acids is 2. The highest BCUT2D eigenvalue weighted by Gasteiger charge is 2.43. The first kappa shape index (κ1) is 21.2. The minimum absolute atomic E-state index is 0.108. The summed E-state index contributed by atoms with van der Waals surface area (Å²) in [7, 11) is 1.81. The summed E-state index contributed by atoms with van der Waals surface area (Å²) in [5.74, 6) is 0.544. The van der Waals surface area contributed by atoms with Crippen molar-refractivity contribution < 1.29 is 14.3 Å². The lowest BCUT2D eigenvalue weighted by Crippen LogP contribution is -2.46. The summed E-state index contributed by atoms with van der Waals surface area (Å²) in [6, 6.07) is 14.6. The van der Waals surface area contributed by atoms with Crippen molar-refractivity contribution in [3.8, 4) is 5.75 Å². The number of hydrogen-bond donors (Lipinski definition) is 1. The van der Waals surface area contributed by atoms with E-state index in [-0.39, 0.29) is 30.0 Å². The zero-order chi connectivity index (χ0) is 23.0. The summed E-state index contributed by atoms with van der Waals surface area (Å²) in [5.41, 5.74) is 0.0849. The Kier molecular flexibility index (Phi) is 5.36. The molecule has 2 aliphatic heterocycles. The highest BCUT2D eigenvalue weighted by atomic mass is 16.5. The lowest BCUT2D eigenvalue weighted by molar-refractivity contribution is -0.129. The predicted octanol–water partition coefficient (Wildman–Crippen LogP) is 2.42. The van der Waals surface area contributed by atoms with E-state index in [9.17, 15) is 14.4 Å². The molecule has 1 fully saturated rings. The third-order valence-electron chi connectivity index (χ3n) is 6.71. The number of rotatable bonds is 3. The highest BCUT2D eigenvalue weighted by Crippen LogP contribution is 2.44. The van der Waals surface area contributed by atoms with Crippen LogP contribution in [0.1, 0.15) is 37.3 Å². The minimum Gasteiger partial charge on any atom is -0.487 e. The molecular formula is C25H26N4O4. The van der Waals surface area contributed by atoms with Crippen molar-refractivity contribution in [2.24, 2.45) is 0 Å². The maximum absolute atomic E-state index is 13.0. The Balaban J connectivity index is 1.39. The van der Waals surface area contributed by atoms with E-state index < -0.39 is 5.60 Å². The average molecular weight is 447 g/mol. The molecule has 5 rings (SSSR count). The van der Waals surface area contributed by atoms with Crippen molar-refractivity contribution >= 4 is 22.6 Å². The van der Waals surface area contributed by atoms with Crippen LogP contribution >= 0.6 is 0 Å². The van der Waals surface area contributed by atoms with Gasteiger partial charge in [-0.1, -0.05) is 36.4 Å². The Hall–Kier alpha value is -3.68. The first-order valence-corrected chi connectivity index (χ1v) is 11.2. The van der Waals surface area contributed by atoms with Crippen LogP contribution in [0.4, 0.5) is 0 Å². The third kappa shape index (κ3) is 4.08. The second-order valence-corrected chi connectivity index (χ2v) is 8.91. The van der Waals surface area contributed by atoms with Crippen LogP contribution in [0.2, 0.25) is 0 Å². The van der Waals surface area contributed by atoms with E-state index >= 15 is 0 Å². The molecule has 8 heteroatoms. The molecule has 8 nitrogen and oxygen atoms in total. The standard InChI is InChI=1S/C25H26N4O4/c1-28-13-12-25(11-10-23(28)31)14-20(19-8-4-5-9-21(19)33-25)27-22(30)16-29-24(32)18-7-3-2-6-17(18)15-26-29/h2-9,15,20H,10-14,16H2,1H3,(H,27,30). The van der Waals surface area contributed by atoms with Gasteiger partial charge in [0.1, 0.15) is 17.9 Å². The number of hydrogen-bond acceptors (Lipinski definition) is 5. The molecule has 33 heavy (non-hydrogen) atoms. The molecule has 2 aromatic carbocycles. The topological polar surface area (TPSA) is 93.5 Å². The van der Waals surface area contributed by atoms with Crippen LogP contribution in [0.15, 0.2) is 59.5 Å². The Morgan fingerprint density at radius 2 is 1.94 bits per heavy atom. The van der Waals surface area contributed by atoms with Gasteiger partial charge in [0, 0.05) is 43.8 Å². The van der Waals surface area contributed by atoms with Crippen LogP contribution in [0, 0.1) is 0 Å². The second kappa shape index (κ2) is 8.35. The summed E-state index contributed by atoms with van der Waals surface area (Å²) in [6.45, 7) is 0.440. The van der Waals surface area contributed by atoms with Gasteiger partial charge in [-0.2, -0.15) is 5.10 Å². The van der Waals surface area contributed by atoms with Crippen LogP contribution in [0.3, 0.4) is 0 Å². The fourth-order valence-corrected chi connectivity index (χ4v) is 4.82. The van der Waals surface area contributed by atoms with Gasteiger partial charge in [-0.05, 0) is 18.6 Å². The summed E-state index contributed by atoms with van der Waals surface area (Å²) in [5, 5.41) is 8.54. The molecule has 0 bridgehead atoms. The van der Waals surface area contributed by atoms with Crippen molar-refractivity contribution in [3.05, 3.63) is 70.6 Å². The monoisotopic (exact) mass is 446 g/mol. The molecule has 0 aliphatic carbocycles. The van der Waals surface area contributed by atoms with Gasteiger partial charge in [0.25, 0.3) is 5.56 Å². The highest BCUT2D eigenvalue weighted by molar-refractivity contribution is 5.81. The van der Waals surface area contributed by atoms with Crippen molar-refractivity contribution in [1.29, 1.82) is 0 Å². The van der Waals surface area contributed by atoms with E-state index in [0.717, 1.165) is 16.7 Å². The summed E-state index contributed by atoms with van der Waals surface area (Å²) >= 11 is 0. The Bertz CT molecular complexity index is 1290. The van der Waals surface area contributed by atoms with Crippen LogP contribution in [-0.2, 0) is 16.1 Å². The van der Waals surface area contributed by atoms with Gasteiger partial charge in [-0.25, -0.2) is 4.68 Å². The van der Waals surface area contributed by atoms with Gasteiger partial charge >= 0.3 is 0 Å². The predicted molar refractivity (Wildman–Crippen MR) is 123 cm³/mol. The number of para-hydroxylation sites is 1. The molecule has 2 amide bonds.